The molecular formula is C18H32N6O2S. The second-order valence-electron chi connectivity index (χ2n) is 7.82. The third kappa shape index (κ3) is 5.01. The molecule has 1 aromatic rings. The van der Waals surface area contributed by atoms with Crippen molar-refractivity contribution in [1.82, 2.24) is 24.1 Å². The van der Waals surface area contributed by atoms with Gasteiger partial charge in [-0.3, -0.25) is 4.99 Å². The van der Waals surface area contributed by atoms with Crippen LogP contribution in [0.4, 0.5) is 0 Å². The Morgan fingerprint density at radius 3 is 2.59 bits per heavy atom. The number of rotatable bonds is 4. The lowest BCUT2D eigenvalue weighted by Gasteiger charge is -2.39. The Kier molecular flexibility index (Phi) is 6.41. The molecule has 0 aliphatic carbocycles. The topological polar surface area (TPSA) is 82.8 Å². The van der Waals surface area contributed by atoms with Crippen LogP contribution in [0.1, 0.15) is 32.2 Å². The zero-order valence-electron chi connectivity index (χ0n) is 16.6. The number of guanidine groups is 1. The minimum absolute atomic E-state index is 0.401. The Morgan fingerprint density at radius 1 is 1.26 bits per heavy atom. The van der Waals surface area contributed by atoms with Gasteiger partial charge in [0.15, 0.2) is 5.96 Å². The van der Waals surface area contributed by atoms with Crippen molar-refractivity contribution in [3.05, 3.63) is 18.7 Å². The van der Waals surface area contributed by atoms with Gasteiger partial charge >= 0.3 is 0 Å². The molecule has 1 aromatic heterocycles. The summed E-state index contributed by atoms with van der Waals surface area (Å²) in [6.45, 7) is 6.30. The van der Waals surface area contributed by atoms with Gasteiger partial charge in [0.25, 0.3) is 0 Å². The van der Waals surface area contributed by atoms with Gasteiger partial charge in [-0.2, -0.15) is 0 Å². The number of nitrogens with one attached hydrogen (secondary N) is 1. The molecule has 1 N–H and O–H groups in total. The first-order valence-electron chi connectivity index (χ1n) is 9.76. The van der Waals surface area contributed by atoms with Crippen molar-refractivity contribution < 1.29 is 8.42 Å². The van der Waals surface area contributed by atoms with Crippen LogP contribution in [0.3, 0.4) is 0 Å². The van der Waals surface area contributed by atoms with Gasteiger partial charge in [-0.1, -0.05) is 6.92 Å². The lowest BCUT2D eigenvalue weighted by molar-refractivity contribution is 0.187. The van der Waals surface area contributed by atoms with E-state index in [0.29, 0.717) is 31.0 Å². The molecule has 8 nitrogen and oxygen atoms in total. The highest BCUT2D eigenvalue weighted by Gasteiger charge is 2.30. The van der Waals surface area contributed by atoms with Crippen molar-refractivity contribution in [2.45, 2.75) is 32.2 Å². The molecule has 0 amide bonds. The zero-order chi connectivity index (χ0) is 19.4. The maximum atomic E-state index is 11.6. The molecule has 3 rings (SSSR count). The molecule has 2 saturated heterocycles. The molecule has 152 valence electrons. The van der Waals surface area contributed by atoms with Crippen LogP contribution < -0.4 is 5.32 Å². The highest BCUT2D eigenvalue weighted by molar-refractivity contribution is 7.88. The van der Waals surface area contributed by atoms with Crippen LogP contribution in [0.5, 0.6) is 0 Å². The summed E-state index contributed by atoms with van der Waals surface area (Å²) in [5, 5.41) is 3.53. The Labute approximate surface area is 162 Å². The van der Waals surface area contributed by atoms with Crippen molar-refractivity contribution in [3.63, 3.8) is 0 Å². The summed E-state index contributed by atoms with van der Waals surface area (Å²) < 4.78 is 27.1. The fourth-order valence-corrected chi connectivity index (χ4v) is 4.98. The number of aliphatic imine (C=N–C) groups is 1. The standard InChI is InChI=1S/C18H32N6O2S/c1-15-4-8-22(13-17(15)23-11-7-20-14-23)18(19-2)21-12-16-5-9-24(10-6-16)27(3,25)26/h7,11,14-17H,4-6,8-10,12-13H2,1-3H3,(H,19,21). The molecule has 0 bridgehead atoms. The van der Waals surface area contributed by atoms with Gasteiger partial charge in [0.2, 0.25) is 10.0 Å². The van der Waals surface area contributed by atoms with E-state index < -0.39 is 10.0 Å². The molecule has 2 unspecified atom stereocenters. The van der Waals surface area contributed by atoms with E-state index in [4.69, 9.17) is 0 Å². The lowest BCUT2D eigenvalue weighted by Crippen LogP contribution is -2.50. The van der Waals surface area contributed by atoms with Crippen LogP contribution >= 0.6 is 0 Å². The summed E-state index contributed by atoms with van der Waals surface area (Å²) in [6.07, 6.45) is 9.98. The van der Waals surface area contributed by atoms with Crippen molar-refractivity contribution in [2.75, 3.05) is 46.0 Å². The molecule has 0 saturated carbocycles. The van der Waals surface area contributed by atoms with Crippen LogP contribution in [0.15, 0.2) is 23.7 Å². The third-order valence-electron chi connectivity index (χ3n) is 5.93. The normalized spacial score (nSPS) is 26.3. The number of likely N-dealkylation sites (tertiary alicyclic amines) is 1. The summed E-state index contributed by atoms with van der Waals surface area (Å²) in [5.74, 6) is 2.03. The van der Waals surface area contributed by atoms with Gasteiger partial charge in [0, 0.05) is 52.2 Å². The Morgan fingerprint density at radius 2 is 2.00 bits per heavy atom. The molecule has 2 aliphatic heterocycles. The number of piperidine rings is 2. The average molecular weight is 397 g/mol. The summed E-state index contributed by atoms with van der Waals surface area (Å²) in [6, 6.07) is 0.401. The van der Waals surface area contributed by atoms with Crippen LogP contribution in [-0.2, 0) is 10.0 Å². The molecule has 2 fully saturated rings. The second kappa shape index (κ2) is 8.60. The highest BCUT2D eigenvalue weighted by Crippen LogP contribution is 2.27. The van der Waals surface area contributed by atoms with Gasteiger partial charge in [0.1, 0.15) is 0 Å². The van der Waals surface area contributed by atoms with E-state index in [1.54, 1.807) is 4.31 Å². The van der Waals surface area contributed by atoms with Crippen LogP contribution in [0.25, 0.3) is 0 Å². The number of hydrogen-bond donors (Lipinski definition) is 1. The number of imidazole rings is 1. The fraction of sp³-hybridized carbons (Fsp3) is 0.778. The largest absolute Gasteiger partial charge is 0.356 e. The van der Waals surface area contributed by atoms with Gasteiger partial charge < -0.3 is 14.8 Å². The van der Waals surface area contributed by atoms with Crippen molar-refractivity contribution in [2.24, 2.45) is 16.8 Å². The van der Waals surface area contributed by atoms with Crippen molar-refractivity contribution in [3.8, 4) is 0 Å². The maximum absolute atomic E-state index is 11.6. The molecule has 0 radical (unpaired) electrons. The third-order valence-corrected chi connectivity index (χ3v) is 7.23. The number of aromatic nitrogens is 2. The van der Waals surface area contributed by atoms with E-state index in [1.807, 2.05) is 25.8 Å². The minimum Gasteiger partial charge on any atom is -0.356 e. The van der Waals surface area contributed by atoms with Gasteiger partial charge in [-0.25, -0.2) is 17.7 Å². The zero-order valence-corrected chi connectivity index (χ0v) is 17.4. The predicted octanol–water partition coefficient (Wildman–Crippen LogP) is 1.01. The number of sulfonamides is 1. The monoisotopic (exact) mass is 396 g/mol. The van der Waals surface area contributed by atoms with Gasteiger partial charge in [-0.05, 0) is 31.1 Å². The van der Waals surface area contributed by atoms with Crippen molar-refractivity contribution in [1.29, 1.82) is 0 Å². The molecule has 0 spiro atoms. The first-order chi connectivity index (χ1) is 12.9. The first kappa shape index (κ1) is 20.1. The van der Waals surface area contributed by atoms with Gasteiger partial charge in [-0.15, -0.1) is 0 Å². The lowest BCUT2D eigenvalue weighted by atomic mass is 9.93. The highest BCUT2D eigenvalue weighted by atomic mass is 32.2. The van der Waals surface area contributed by atoms with E-state index in [0.717, 1.165) is 44.9 Å². The first-order valence-corrected chi connectivity index (χ1v) is 11.6. The molecule has 3 heterocycles. The molecule has 0 aromatic carbocycles. The Balaban J connectivity index is 1.52. The molecular weight excluding hydrogens is 364 g/mol. The molecule has 27 heavy (non-hydrogen) atoms. The molecule has 2 atom stereocenters. The van der Waals surface area contributed by atoms with E-state index in [2.05, 4.69) is 31.7 Å². The van der Waals surface area contributed by atoms with E-state index >= 15 is 0 Å². The number of hydrogen-bond acceptors (Lipinski definition) is 4. The summed E-state index contributed by atoms with van der Waals surface area (Å²) in [7, 11) is -1.23. The average Bonchev–Trinajstić information content (AvgIpc) is 3.17. The van der Waals surface area contributed by atoms with Gasteiger partial charge in [0.05, 0.1) is 18.6 Å². The fourth-order valence-electron chi connectivity index (χ4n) is 4.11. The molecule has 9 heteroatoms. The van der Waals surface area contributed by atoms with Crippen LogP contribution in [-0.4, -0.2) is 79.2 Å². The van der Waals surface area contributed by atoms with E-state index in [-0.39, 0.29) is 0 Å². The number of nitrogens with zero attached hydrogens (tertiary/aromatic N) is 5. The molecule has 2 aliphatic rings. The SMILES string of the molecule is CN=C(NCC1CCN(S(C)(=O)=O)CC1)N1CCC(C)C(n2ccnc2)C1. The Bertz CT molecular complexity index is 725. The summed E-state index contributed by atoms with van der Waals surface area (Å²) in [5.41, 5.74) is 0. The van der Waals surface area contributed by atoms with Crippen LogP contribution in [0.2, 0.25) is 0 Å². The Hall–Kier alpha value is -1.61. The van der Waals surface area contributed by atoms with Crippen molar-refractivity contribution >= 4 is 16.0 Å². The minimum atomic E-state index is -3.06. The summed E-state index contributed by atoms with van der Waals surface area (Å²) >= 11 is 0. The smallest absolute Gasteiger partial charge is 0.211 e. The van der Waals surface area contributed by atoms with E-state index in [1.165, 1.54) is 6.26 Å². The maximum Gasteiger partial charge on any atom is 0.211 e. The quantitative estimate of drug-likeness (QED) is 0.607. The summed E-state index contributed by atoms with van der Waals surface area (Å²) in [4.78, 5) is 11.0. The van der Waals surface area contributed by atoms with Crippen LogP contribution in [0, 0.1) is 11.8 Å². The predicted molar refractivity (Wildman–Crippen MR) is 107 cm³/mol. The van der Waals surface area contributed by atoms with E-state index in [9.17, 15) is 8.42 Å². The second-order valence-corrected chi connectivity index (χ2v) is 9.81.